The summed E-state index contributed by atoms with van der Waals surface area (Å²) in [7, 11) is 0. The minimum Gasteiger partial charge on any atom is -0.454 e. The summed E-state index contributed by atoms with van der Waals surface area (Å²) < 4.78 is 6.07. The number of benzene rings is 1. The first kappa shape index (κ1) is 18.7. The molecule has 1 aliphatic heterocycles. The number of aromatic nitrogens is 2. The number of hydrogen-bond acceptors (Lipinski definition) is 6. The lowest BCUT2D eigenvalue weighted by molar-refractivity contribution is -0.154. The third-order valence-corrected chi connectivity index (χ3v) is 6.11. The number of allylic oxidation sites excluding steroid dienone is 1. The van der Waals surface area contributed by atoms with Gasteiger partial charge in [-0.25, -0.2) is 9.97 Å². The van der Waals surface area contributed by atoms with Gasteiger partial charge in [-0.3, -0.25) is 9.59 Å². The number of fused-ring (bicyclic) bond motifs is 4. The Morgan fingerprint density at radius 3 is 2.87 bits per heavy atom. The summed E-state index contributed by atoms with van der Waals surface area (Å²) in [5, 5.41) is 14.6. The molecule has 2 aromatic rings. The molecule has 2 heterocycles. The predicted octanol–water partition coefficient (Wildman–Crippen LogP) is 2.54. The van der Waals surface area contributed by atoms with Crippen LogP contribution < -0.4 is 10.1 Å². The third kappa shape index (κ3) is 2.29. The van der Waals surface area contributed by atoms with Crippen LogP contribution in [0.3, 0.4) is 0 Å². The number of nitrogens with one attached hydrogen (secondary N) is 1. The lowest BCUT2D eigenvalue weighted by Gasteiger charge is -2.35. The molecule has 7 heteroatoms. The van der Waals surface area contributed by atoms with Crippen LogP contribution in [0.5, 0.6) is 5.75 Å². The highest BCUT2D eigenvalue weighted by Gasteiger charge is 2.72. The third-order valence-electron chi connectivity index (χ3n) is 6.11. The normalized spacial score (nSPS) is 26.3. The zero-order chi connectivity index (χ0) is 21.1. The second kappa shape index (κ2) is 6.34. The molecule has 0 spiro atoms. The second-order valence-electron chi connectivity index (χ2n) is 8.12. The van der Waals surface area contributed by atoms with Crippen LogP contribution in [0.2, 0.25) is 0 Å². The quantitative estimate of drug-likeness (QED) is 0.817. The number of aliphatic hydroxyl groups is 1. The van der Waals surface area contributed by atoms with Crippen LogP contribution >= 0.6 is 0 Å². The van der Waals surface area contributed by atoms with Crippen molar-refractivity contribution in [2.75, 3.05) is 0 Å². The summed E-state index contributed by atoms with van der Waals surface area (Å²) >= 11 is 0. The summed E-state index contributed by atoms with van der Waals surface area (Å²) in [5.74, 6) is -2.32. The van der Waals surface area contributed by atoms with Crippen molar-refractivity contribution in [3.63, 3.8) is 0 Å². The molecule has 3 aliphatic rings. The number of hydrogen-bond donors (Lipinski definition) is 2. The number of carbonyl (C=O) groups excluding carboxylic acids is 2. The zero-order valence-corrected chi connectivity index (χ0v) is 16.7. The summed E-state index contributed by atoms with van der Waals surface area (Å²) in [6, 6.07) is 6.95. The van der Waals surface area contributed by atoms with Crippen LogP contribution in [0, 0.1) is 0 Å². The second-order valence-corrected chi connectivity index (χ2v) is 8.12. The van der Waals surface area contributed by atoms with Crippen LogP contribution in [-0.2, 0) is 10.3 Å². The van der Waals surface area contributed by atoms with Crippen LogP contribution in [0.4, 0.5) is 0 Å². The fraction of sp³-hybridized carbons (Fsp3) is 0.304. The molecule has 5 rings (SSSR count). The van der Waals surface area contributed by atoms with Crippen molar-refractivity contribution >= 4 is 11.7 Å². The molecule has 0 fully saturated rings. The van der Waals surface area contributed by atoms with E-state index in [0.29, 0.717) is 35.3 Å². The fourth-order valence-corrected chi connectivity index (χ4v) is 4.56. The molecule has 1 amide bonds. The molecule has 30 heavy (non-hydrogen) atoms. The summed E-state index contributed by atoms with van der Waals surface area (Å²) in [6.07, 6.45) is 7.51. The van der Waals surface area contributed by atoms with E-state index in [0.717, 1.165) is 5.56 Å². The molecular weight excluding hydrogens is 382 g/mol. The summed E-state index contributed by atoms with van der Waals surface area (Å²) in [6.45, 7) is 4.10. The molecule has 1 aromatic heterocycles. The van der Waals surface area contributed by atoms with Gasteiger partial charge < -0.3 is 15.2 Å². The minimum absolute atomic E-state index is 0.0992. The molecule has 1 aromatic carbocycles. The van der Waals surface area contributed by atoms with Gasteiger partial charge in [0.05, 0.1) is 0 Å². The molecule has 0 bridgehead atoms. The highest BCUT2D eigenvalue weighted by Crippen LogP contribution is 2.58. The molecule has 0 saturated carbocycles. The summed E-state index contributed by atoms with van der Waals surface area (Å²) in [5.41, 5.74) is 0.687. The number of rotatable bonds is 3. The fourth-order valence-electron chi connectivity index (χ4n) is 4.56. The topological polar surface area (TPSA) is 101 Å². The smallest absolute Gasteiger partial charge is 0.271 e. The molecule has 2 atom stereocenters. The van der Waals surface area contributed by atoms with E-state index in [-0.39, 0.29) is 17.4 Å². The Balaban J connectivity index is 1.69. The largest absolute Gasteiger partial charge is 0.454 e. The van der Waals surface area contributed by atoms with Crippen molar-refractivity contribution in [2.24, 2.45) is 0 Å². The maximum Gasteiger partial charge on any atom is 0.271 e. The average Bonchev–Trinajstić information content (AvgIpc) is 3.11. The van der Waals surface area contributed by atoms with Gasteiger partial charge in [0.15, 0.2) is 5.78 Å². The number of amides is 1. The van der Waals surface area contributed by atoms with Crippen molar-refractivity contribution in [1.82, 2.24) is 15.3 Å². The highest BCUT2D eigenvalue weighted by molar-refractivity contribution is 6.13. The number of Topliss-reactive ketones (excluding diaryl/α,β-unsaturated/α-hetero) is 1. The Kier molecular flexibility index (Phi) is 3.95. The van der Waals surface area contributed by atoms with Crippen LogP contribution in [0.15, 0.2) is 60.1 Å². The van der Waals surface area contributed by atoms with E-state index in [1.165, 1.54) is 18.6 Å². The molecule has 152 valence electrons. The average molecular weight is 403 g/mol. The van der Waals surface area contributed by atoms with E-state index in [2.05, 4.69) is 29.1 Å². The van der Waals surface area contributed by atoms with E-state index >= 15 is 0 Å². The van der Waals surface area contributed by atoms with Crippen molar-refractivity contribution < 1.29 is 19.4 Å². The first-order valence-electron chi connectivity index (χ1n) is 9.98. The van der Waals surface area contributed by atoms with Gasteiger partial charge in [0.1, 0.15) is 17.8 Å². The van der Waals surface area contributed by atoms with E-state index in [1.54, 1.807) is 12.1 Å². The summed E-state index contributed by atoms with van der Waals surface area (Å²) in [4.78, 5) is 34.6. The van der Waals surface area contributed by atoms with E-state index < -0.39 is 17.2 Å². The lowest BCUT2D eigenvalue weighted by Crippen LogP contribution is -2.63. The van der Waals surface area contributed by atoms with E-state index in [9.17, 15) is 14.7 Å². The van der Waals surface area contributed by atoms with Gasteiger partial charge in [0, 0.05) is 22.9 Å². The first-order valence-corrected chi connectivity index (χ1v) is 9.98. The van der Waals surface area contributed by atoms with Crippen LogP contribution in [0.25, 0.3) is 0 Å². The Morgan fingerprint density at radius 2 is 2.13 bits per heavy atom. The lowest BCUT2D eigenvalue weighted by atomic mass is 9.81. The zero-order valence-electron chi connectivity index (χ0n) is 16.7. The van der Waals surface area contributed by atoms with Gasteiger partial charge in [-0.15, -0.1) is 0 Å². The highest BCUT2D eigenvalue weighted by atomic mass is 16.6. The maximum absolute atomic E-state index is 13.7. The van der Waals surface area contributed by atoms with Gasteiger partial charge >= 0.3 is 0 Å². The van der Waals surface area contributed by atoms with Gasteiger partial charge in [0.25, 0.3) is 11.7 Å². The van der Waals surface area contributed by atoms with Crippen LogP contribution in [0.1, 0.15) is 54.2 Å². The Labute approximate surface area is 173 Å². The standard InChI is InChI=1S/C23H21N3O4/c1-13(2)14-7-8-17-19(11-14)30-23(29)16-6-4-3-5-15(16)20(27)22(17,23)26-21(28)18-9-10-24-12-25-18/h4,6-13,29H,3,5H2,1-2H3,(H,26,28). The van der Waals surface area contributed by atoms with Crippen LogP contribution in [-0.4, -0.2) is 32.6 Å². The molecule has 0 saturated heterocycles. The van der Waals surface area contributed by atoms with E-state index in [1.807, 2.05) is 18.2 Å². The molecular formula is C23H21N3O4. The number of carbonyl (C=O) groups is 2. The number of ketones is 1. The predicted molar refractivity (Wildman–Crippen MR) is 108 cm³/mol. The molecule has 0 radical (unpaired) electrons. The van der Waals surface area contributed by atoms with Gasteiger partial charge in [-0.2, -0.15) is 0 Å². The van der Waals surface area contributed by atoms with Gasteiger partial charge in [-0.1, -0.05) is 38.1 Å². The Hall–Kier alpha value is -3.32. The monoisotopic (exact) mass is 403 g/mol. The maximum atomic E-state index is 13.7. The number of ether oxygens (including phenoxy) is 1. The van der Waals surface area contributed by atoms with Crippen molar-refractivity contribution in [1.29, 1.82) is 0 Å². The van der Waals surface area contributed by atoms with Gasteiger partial charge in [0.2, 0.25) is 5.54 Å². The Bertz CT molecular complexity index is 1140. The molecule has 7 nitrogen and oxygen atoms in total. The van der Waals surface area contributed by atoms with Crippen molar-refractivity contribution in [2.45, 2.75) is 43.9 Å². The van der Waals surface area contributed by atoms with Crippen molar-refractivity contribution in [3.8, 4) is 5.75 Å². The minimum atomic E-state index is -2.02. The van der Waals surface area contributed by atoms with Gasteiger partial charge in [-0.05, 0) is 36.5 Å². The first-order chi connectivity index (χ1) is 14.4. The van der Waals surface area contributed by atoms with Crippen molar-refractivity contribution in [3.05, 3.63) is 76.9 Å². The number of nitrogens with zero attached hydrogens (tertiary/aromatic N) is 2. The van der Waals surface area contributed by atoms with E-state index in [4.69, 9.17) is 4.74 Å². The Morgan fingerprint density at radius 1 is 1.30 bits per heavy atom. The molecule has 2 aliphatic carbocycles. The SMILES string of the molecule is CC(C)c1ccc2c(c1)OC1(O)C3=C(CCC=C3)C(=O)C21NC(=O)c1ccncn1. The molecule has 2 unspecified atom stereocenters. The molecule has 2 N–H and O–H groups in total.